The predicted octanol–water partition coefficient (Wildman–Crippen LogP) is 3.13. The molecule has 4 aromatic rings. The number of hydrogen-bond donors (Lipinski definition) is 1. The summed E-state index contributed by atoms with van der Waals surface area (Å²) in [4.78, 5) is 22.2. The third-order valence-corrected chi connectivity index (χ3v) is 8.34. The first-order valence-electron chi connectivity index (χ1n) is 12.0. The zero-order valence-corrected chi connectivity index (χ0v) is 21.7. The number of carbonyl (C=O) groups excluding carboxylic acids is 1. The number of nitrogens with one attached hydrogen (secondary N) is 1. The molecule has 11 heteroatoms. The van der Waals surface area contributed by atoms with Crippen molar-refractivity contribution >= 4 is 21.6 Å². The second-order valence-corrected chi connectivity index (χ2v) is 10.9. The molecule has 0 atom stereocenters. The van der Waals surface area contributed by atoms with Crippen molar-refractivity contribution in [2.45, 2.75) is 38.1 Å². The summed E-state index contributed by atoms with van der Waals surface area (Å²) in [5, 5.41) is 7.49. The number of aryl methyl sites for hydroxylation is 2. The number of rotatable bonds is 7. The summed E-state index contributed by atoms with van der Waals surface area (Å²) in [6.45, 7) is 4.95. The summed E-state index contributed by atoms with van der Waals surface area (Å²) in [6, 6.07) is 10.4. The lowest BCUT2D eigenvalue weighted by Gasteiger charge is -2.18. The lowest BCUT2D eigenvalue weighted by molar-refractivity contribution is 0.0946. The van der Waals surface area contributed by atoms with Gasteiger partial charge in [-0.15, -0.1) is 0 Å². The number of methoxy groups -OCH3 is 1. The van der Waals surface area contributed by atoms with Crippen molar-refractivity contribution in [1.29, 1.82) is 0 Å². The number of aromatic nitrogens is 4. The molecular weight excluding hydrogens is 492 g/mol. The van der Waals surface area contributed by atoms with Gasteiger partial charge >= 0.3 is 0 Å². The second kappa shape index (κ2) is 9.91. The van der Waals surface area contributed by atoms with Gasteiger partial charge in [-0.2, -0.15) is 9.40 Å². The van der Waals surface area contributed by atoms with Crippen LogP contribution in [0, 0.1) is 13.8 Å². The fraction of sp³-hybridized carbons (Fsp3) is 0.308. The Kier molecular flexibility index (Phi) is 6.65. The Morgan fingerprint density at radius 2 is 1.92 bits per heavy atom. The Bertz CT molecular complexity index is 1580. The Morgan fingerprint density at radius 1 is 1.14 bits per heavy atom. The van der Waals surface area contributed by atoms with E-state index in [0.29, 0.717) is 29.9 Å². The van der Waals surface area contributed by atoms with E-state index in [9.17, 15) is 13.2 Å². The Hall–Kier alpha value is -3.83. The van der Waals surface area contributed by atoms with Gasteiger partial charge in [0.1, 0.15) is 10.6 Å². The van der Waals surface area contributed by atoms with Crippen LogP contribution in [0.4, 0.5) is 0 Å². The van der Waals surface area contributed by atoms with Gasteiger partial charge in [0.05, 0.1) is 12.7 Å². The van der Waals surface area contributed by atoms with Gasteiger partial charge in [-0.3, -0.25) is 9.78 Å². The monoisotopic (exact) mass is 520 g/mol. The molecule has 1 amide bonds. The van der Waals surface area contributed by atoms with E-state index < -0.39 is 15.9 Å². The summed E-state index contributed by atoms with van der Waals surface area (Å²) in [6.07, 6.45) is 4.98. The van der Waals surface area contributed by atoms with E-state index in [-0.39, 0.29) is 22.9 Å². The maximum Gasteiger partial charge on any atom is 0.272 e. The summed E-state index contributed by atoms with van der Waals surface area (Å²) >= 11 is 0. The average molecular weight is 521 g/mol. The number of benzene rings is 1. The third kappa shape index (κ3) is 4.67. The number of amides is 1. The number of carbonyl (C=O) groups is 1. The van der Waals surface area contributed by atoms with Crippen LogP contribution >= 0.6 is 0 Å². The normalized spacial score (nSPS) is 14.2. The number of hydrogen-bond acceptors (Lipinski definition) is 7. The number of sulfonamides is 1. The molecule has 0 spiro atoms. The van der Waals surface area contributed by atoms with E-state index in [1.807, 2.05) is 26.0 Å². The van der Waals surface area contributed by atoms with Gasteiger partial charge in [-0.1, -0.05) is 12.1 Å². The van der Waals surface area contributed by atoms with E-state index in [4.69, 9.17) is 4.74 Å². The van der Waals surface area contributed by atoms with Crippen molar-refractivity contribution < 1.29 is 17.9 Å². The van der Waals surface area contributed by atoms with Crippen molar-refractivity contribution in [3.63, 3.8) is 0 Å². The fourth-order valence-corrected chi connectivity index (χ4v) is 6.31. The summed E-state index contributed by atoms with van der Waals surface area (Å²) < 4.78 is 35.5. The van der Waals surface area contributed by atoms with Gasteiger partial charge < -0.3 is 10.1 Å². The van der Waals surface area contributed by atoms with Crippen LogP contribution in [-0.4, -0.2) is 58.4 Å². The van der Waals surface area contributed by atoms with Crippen molar-refractivity contribution in [3.05, 3.63) is 71.4 Å². The Balaban J connectivity index is 1.65. The molecule has 37 heavy (non-hydrogen) atoms. The molecule has 0 aliphatic carbocycles. The zero-order chi connectivity index (χ0) is 26.2. The molecule has 1 aliphatic heterocycles. The van der Waals surface area contributed by atoms with Crippen molar-refractivity contribution in [2.75, 3.05) is 20.2 Å². The topological polar surface area (TPSA) is 119 Å². The van der Waals surface area contributed by atoms with Crippen LogP contribution in [0.5, 0.6) is 5.75 Å². The first-order valence-corrected chi connectivity index (χ1v) is 13.5. The SMILES string of the molecule is COc1ccc(-c2c(C(=O)NCc3cccnc3)nn3c(C)cc(C)nc23)cc1S(=O)(=O)N1CCCC1. The van der Waals surface area contributed by atoms with Crippen molar-refractivity contribution in [1.82, 2.24) is 29.2 Å². The number of fused-ring (bicyclic) bond motifs is 1. The standard InChI is InChI=1S/C26H28N6O4S/c1-17-13-18(2)32-25(29-17)23(24(30-32)26(33)28-16-19-7-6-10-27-15-19)20-8-9-21(36-3)22(14-20)37(34,35)31-11-4-5-12-31/h6-10,13-15H,4-5,11-12,16H2,1-3H3,(H,28,33). The molecule has 192 valence electrons. The highest BCUT2D eigenvalue weighted by atomic mass is 32.2. The lowest BCUT2D eigenvalue weighted by Crippen LogP contribution is -2.28. The molecule has 1 aliphatic rings. The van der Waals surface area contributed by atoms with E-state index in [1.165, 1.54) is 11.4 Å². The minimum Gasteiger partial charge on any atom is -0.495 e. The molecule has 0 bridgehead atoms. The smallest absolute Gasteiger partial charge is 0.272 e. The van der Waals surface area contributed by atoms with Crippen LogP contribution in [0.1, 0.15) is 40.3 Å². The molecule has 0 unspecified atom stereocenters. The number of nitrogens with zero attached hydrogens (tertiary/aromatic N) is 5. The zero-order valence-electron chi connectivity index (χ0n) is 20.9. The molecule has 5 rings (SSSR count). The van der Waals surface area contributed by atoms with E-state index in [2.05, 4.69) is 20.4 Å². The van der Waals surface area contributed by atoms with E-state index >= 15 is 0 Å². The summed E-state index contributed by atoms with van der Waals surface area (Å²) in [7, 11) is -2.35. The average Bonchev–Trinajstić information content (AvgIpc) is 3.57. The molecule has 3 aromatic heterocycles. The van der Waals surface area contributed by atoms with Gasteiger partial charge in [-0.05, 0) is 62.1 Å². The first kappa shape index (κ1) is 24.8. The molecular formula is C26H28N6O4S. The van der Waals surface area contributed by atoms with Gasteiger partial charge in [-0.25, -0.2) is 17.9 Å². The number of ether oxygens (including phenoxy) is 1. The van der Waals surface area contributed by atoms with Crippen LogP contribution in [0.25, 0.3) is 16.8 Å². The maximum absolute atomic E-state index is 13.5. The molecule has 1 fully saturated rings. The molecule has 10 nitrogen and oxygen atoms in total. The quantitative estimate of drug-likeness (QED) is 0.398. The van der Waals surface area contributed by atoms with Crippen LogP contribution in [0.3, 0.4) is 0 Å². The highest BCUT2D eigenvalue weighted by molar-refractivity contribution is 7.89. The summed E-state index contributed by atoms with van der Waals surface area (Å²) in [5.74, 6) is -0.156. The van der Waals surface area contributed by atoms with E-state index in [1.54, 1.807) is 41.2 Å². The van der Waals surface area contributed by atoms with E-state index in [0.717, 1.165) is 29.8 Å². The second-order valence-electron chi connectivity index (χ2n) is 9.02. The van der Waals surface area contributed by atoms with Crippen LogP contribution in [0.15, 0.2) is 53.7 Å². The van der Waals surface area contributed by atoms with Crippen molar-refractivity contribution in [2.24, 2.45) is 0 Å². The lowest BCUT2D eigenvalue weighted by atomic mass is 10.0. The minimum absolute atomic E-state index is 0.0554. The summed E-state index contributed by atoms with van der Waals surface area (Å²) in [5.41, 5.74) is 3.99. The molecule has 4 heterocycles. The van der Waals surface area contributed by atoms with Crippen LogP contribution < -0.4 is 10.1 Å². The van der Waals surface area contributed by atoms with Crippen molar-refractivity contribution in [3.8, 4) is 16.9 Å². The molecule has 1 N–H and O–H groups in total. The largest absolute Gasteiger partial charge is 0.495 e. The maximum atomic E-state index is 13.5. The molecule has 1 aromatic carbocycles. The number of pyridine rings is 1. The molecule has 0 saturated carbocycles. The fourth-order valence-electron chi connectivity index (χ4n) is 4.62. The third-order valence-electron chi connectivity index (χ3n) is 6.42. The molecule has 1 saturated heterocycles. The van der Waals surface area contributed by atoms with Crippen LogP contribution in [0.2, 0.25) is 0 Å². The first-order chi connectivity index (χ1) is 17.8. The molecule has 0 radical (unpaired) electrons. The highest BCUT2D eigenvalue weighted by Gasteiger charge is 2.31. The van der Waals surface area contributed by atoms with Gasteiger partial charge in [0, 0.05) is 43.4 Å². The Morgan fingerprint density at radius 3 is 2.62 bits per heavy atom. The Labute approximate surface area is 215 Å². The van der Waals surface area contributed by atoms with Gasteiger partial charge in [0.15, 0.2) is 11.3 Å². The van der Waals surface area contributed by atoms with Crippen LogP contribution in [-0.2, 0) is 16.6 Å². The predicted molar refractivity (Wildman–Crippen MR) is 138 cm³/mol. The van der Waals surface area contributed by atoms with Gasteiger partial charge in [0.25, 0.3) is 5.91 Å². The minimum atomic E-state index is -3.79. The highest BCUT2D eigenvalue weighted by Crippen LogP contribution is 2.36. The van der Waals surface area contributed by atoms with Gasteiger partial charge in [0.2, 0.25) is 10.0 Å².